The van der Waals surface area contributed by atoms with Crippen LogP contribution in [0.1, 0.15) is 16.8 Å². The first-order valence-corrected chi connectivity index (χ1v) is 7.31. The van der Waals surface area contributed by atoms with Crippen LogP contribution in [-0.4, -0.2) is 31.0 Å². The molecule has 0 heterocycles. The van der Waals surface area contributed by atoms with Crippen LogP contribution >= 0.6 is 31.9 Å². The van der Waals surface area contributed by atoms with E-state index in [1.165, 1.54) is 6.07 Å². The molecule has 1 amide bonds. The molecule has 3 nitrogen and oxygen atoms in total. The van der Waals surface area contributed by atoms with Gasteiger partial charge in [0.25, 0.3) is 5.91 Å². The summed E-state index contributed by atoms with van der Waals surface area (Å²) in [4.78, 5) is 11.9. The molecule has 0 saturated carbocycles. The zero-order valence-electron chi connectivity index (χ0n) is 9.88. The van der Waals surface area contributed by atoms with E-state index >= 15 is 0 Å². The van der Waals surface area contributed by atoms with Gasteiger partial charge in [-0.25, -0.2) is 4.39 Å². The Balaban J connectivity index is 2.77. The second-order valence-electron chi connectivity index (χ2n) is 3.70. The fourth-order valence-electron chi connectivity index (χ4n) is 1.47. The summed E-state index contributed by atoms with van der Waals surface area (Å²) in [5.74, 6) is -0.984. The molecule has 0 spiro atoms. The molecule has 0 aromatic heterocycles. The van der Waals surface area contributed by atoms with Gasteiger partial charge in [-0.3, -0.25) is 4.79 Å². The maximum absolute atomic E-state index is 13.7. The number of alkyl halides is 1. The van der Waals surface area contributed by atoms with Crippen molar-refractivity contribution in [1.29, 1.82) is 0 Å². The van der Waals surface area contributed by atoms with Crippen LogP contribution in [-0.2, 0) is 4.74 Å². The maximum Gasteiger partial charge on any atom is 0.254 e. The van der Waals surface area contributed by atoms with E-state index in [2.05, 4.69) is 37.2 Å². The van der Waals surface area contributed by atoms with Gasteiger partial charge in [-0.2, -0.15) is 0 Å². The summed E-state index contributed by atoms with van der Waals surface area (Å²) in [6.45, 7) is 0.396. The molecule has 0 aliphatic rings. The van der Waals surface area contributed by atoms with Crippen molar-refractivity contribution < 1.29 is 13.9 Å². The molecule has 1 N–H and O–H groups in total. The van der Waals surface area contributed by atoms with E-state index in [0.717, 1.165) is 11.8 Å². The number of ether oxygens (including phenoxy) is 1. The molecule has 0 bridgehead atoms. The van der Waals surface area contributed by atoms with Gasteiger partial charge in [0.1, 0.15) is 5.82 Å². The molecule has 1 aromatic rings. The van der Waals surface area contributed by atoms with Crippen molar-refractivity contribution in [3.05, 3.63) is 34.1 Å². The fourth-order valence-corrected chi connectivity index (χ4v) is 2.39. The largest absolute Gasteiger partial charge is 0.383 e. The Labute approximate surface area is 122 Å². The third kappa shape index (κ3) is 4.33. The molecular formula is C12H14Br2FNO2. The second kappa shape index (κ2) is 7.86. The number of carbonyl (C=O) groups excluding carboxylic acids is 1. The lowest BCUT2D eigenvalue weighted by atomic mass is 10.1. The van der Waals surface area contributed by atoms with Crippen LogP contribution in [0.2, 0.25) is 0 Å². The summed E-state index contributed by atoms with van der Waals surface area (Å²) in [7, 11) is 1.56. The number of amides is 1. The van der Waals surface area contributed by atoms with Crippen LogP contribution in [0.25, 0.3) is 0 Å². The Morgan fingerprint density at radius 3 is 2.89 bits per heavy atom. The van der Waals surface area contributed by atoms with Crippen molar-refractivity contribution in [2.75, 3.05) is 19.0 Å². The minimum absolute atomic E-state index is 0.0278. The van der Waals surface area contributed by atoms with Gasteiger partial charge in [0, 0.05) is 12.4 Å². The van der Waals surface area contributed by atoms with E-state index in [1.54, 1.807) is 19.2 Å². The molecule has 0 fully saturated rings. The molecule has 0 saturated heterocycles. The monoisotopic (exact) mass is 381 g/mol. The summed E-state index contributed by atoms with van der Waals surface area (Å²) in [5.41, 5.74) is 0.0278. The highest BCUT2D eigenvalue weighted by molar-refractivity contribution is 9.10. The lowest BCUT2D eigenvalue weighted by molar-refractivity contribution is 0.0891. The number of hydrogen-bond donors (Lipinski definition) is 1. The number of methoxy groups -OCH3 is 1. The summed E-state index contributed by atoms with van der Waals surface area (Å²) < 4.78 is 19.0. The van der Waals surface area contributed by atoms with Crippen molar-refractivity contribution in [2.45, 2.75) is 12.5 Å². The standard InChI is InChI=1S/C12H14Br2FNO2/c1-18-7-8(5-6-13)16-12(17)9-3-2-4-10(14)11(9)15/h2-4,8H,5-7H2,1H3,(H,16,17). The average Bonchev–Trinajstić information content (AvgIpc) is 2.33. The van der Waals surface area contributed by atoms with Crippen LogP contribution in [0.15, 0.2) is 22.7 Å². The molecule has 1 atom stereocenters. The first-order valence-electron chi connectivity index (χ1n) is 5.40. The van der Waals surface area contributed by atoms with Crippen LogP contribution in [0.5, 0.6) is 0 Å². The minimum Gasteiger partial charge on any atom is -0.383 e. The average molecular weight is 383 g/mol. The van der Waals surface area contributed by atoms with Crippen LogP contribution in [0.4, 0.5) is 4.39 Å². The van der Waals surface area contributed by atoms with E-state index < -0.39 is 11.7 Å². The van der Waals surface area contributed by atoms with Gasteiger partial charge in [-0.15, -0.1) is 0 Å². The highest BCUT2D eigenvalue weighted by atomic mass is 79.9. The maximum atomic E-state index is 13.7. The highest BCUT2D eigenvalue weighted by Gasteiger charge is 2.17. The molecule has 100 valence electrons. The van der Waals surface area contributed by atoms with Crippen molar-refractivity contribution in [3.8, 4) is 0 Å². The Morgan fingerprint density at radius 1 is 1.56 bits per heavy atom. The summed E-state index contributed by atoms with van der Waals surface area (Å²) >= 11 is 6.36. The van der Waals surface area contributed by atoms with Crippen molar-refractivity contribution in [2.24, 2.45) is 0 Å². The number of hydrogen-bond acceptors (Lipinski definition) is 2. The predicted molar refractivity (Wildman–Crippen MR) is 75.6 cm³/mol. The van der Waals surface area contributed by atoms with Gasteiger partial charge in [-0.05, 0) is 34.5 Å². The molecule has 1 unspecified atom stereocenters. The fraction of sp³-hybridized carbons (Fsp3) is 0.417. The smallest absolute Gasteiger partial charge is 0.254 e. The summed E-state index contributed by atoms with van der Waals surface area (Å²) in [6, 6.07) is 4.49. The predicted octanol–water partition coefficient (Wildman–Crippen LogP) is 3.12. The van der Waals surface area contributed by atoms with E-state index in [9.17, 15) is 9.18 Å². The van der Waals surface area contributed by atoms with Crippen LogP contribution in [0.3, 0.4) is 0 Å². The molecule has 1 aromatic carbocycles. The Kier molecular flexibility index (Phi) is 6.81. The second-order valence-corrected chi connectivity index (χ2v) is 5.35. The van der Waals surface area contributed by atoms with Gasteiger partial charge in [0.15, 0.2) is 0 Å². The van der Waals surface area contributed by atoms with Gasteiger partial charge in [0.2, 0.25) is 0 Å². The van der Waals surface area contributed by atoms with Crippen LogP contribution < -0.4 is 5.32 Å². The number of rotatable bonds is 6. The third-order valence-corrected chi connectivity index (χ3v) is 3.43. The molecule has 18 heavy (non-hydrogen) atoms. The minimum atomic E-state index is -0.551. The molecule has 1 rings (SSSR count). The highest BCUT2D eigenvalue weighted by Crippen LogP contribution is 2.18. The number of benzene rings is 1. The first kappa shape index (κ1) is 15.6. The summed E-state index contributed by atoms with van der Waals surface area (Å²) in [6.07, 6.45) is 0.717. The van der Waals surface area contributed by atoms with Gasteiger partial charge in [-0.1, -0.05) is 22.0 Å². The van der Waals surface area contributed by atoms with Gasteiger partial charge < -0.3 is 10.1 Å². The molecule has 0 aliphatic carbocycles. The van der Waals surface area contributed by atoms with Crippen LogP contribution in [0, 0.1) is 5.82 Å². The first-order chi connectivity index (χ1) is 8.60. The molecule has 6 heteroatoms. The number of halogens is 3. The van der Waals surface area contributed by atoms with E-state index in [-0.39, 0.29) is 16.1 Å². The quantitative estimate of drug-likeness (QED) is 0.767. The zero-order valence-corrected chi connectivity index (χ0v) is 13.1. The lowest BCUT2D eigenvalue weighted by Crippen LogP contribution is -2.38. The SMILES string of the molecule is COCC(CCBr)NC(=O)c1cccc(Br)c1F. The van der Waals surface area contributed by atoms with Crippen molar-refractivity contribution in [3.63, 3.8) is 0 Å². The Morgan fingerprint density at radius 2 is 2.28 bits per heavy atom. The zero-order chi connectivity index (χ0) is 13.5. The van der Waals surface area contributed by atoms with Crippen molar-refractivity contribution in [1.82, 2.24) is 5.32 Å². The third-order valence-electron chi connectivity index (χ3n) is 2.36. The molecule has 0 aliphatic heterocycles. The van der Waals surface area contributed by atoms with E-state index in [1.807, 2.05) is 0 Å². The normalized spacial score (nSPS) is 12.2. The van der Waals surface area contributed by atoms with E-state index in [0.29, 0.717) is 6.61 Å². The van der Waals surface area contributed by atoms with Gasteiger partial charge in [0.05, 0.1) is 22.7 Å². The van der Waals surface area contributed by atoms with Crippen molar-refractivity contribution >= 4 is 37.8 Å². The lowest BCUT2D eigenvalue weighted by Gasteiger charge is -2.17. The van der Waals surface area contributed by atoms with E-state index in [4.69, 9.17) is 4.74 Å². The Hall–Kier alpha value is -0.460. The number of nitrogens with one attached hydrogen (secondary N) is 1. The Bertz CT molecular complexity index is 409. The number of carbonyl (C=O) groups is 1. The molecular weight excluding hydrogens is 369 g/mol. The summed E-state index contributed by atoms with van der Waals surface area (Å²) in [5, 5.41) is 3.49. The topological polar surface area (TPSA) is 38.3 Å². The van der Waals surface area contributed by atoms with Gasteiger partial charge >= 0.3 is 0 Å². The molecule has 0 radical (unpaired) electrons.